The molecule has 2 fully saturated rings. The Bertz CT molecular complexity index is 185. The summed E-state index contributed by atoms with van der Waals surface area (Å²) in [7, 11) is 0. The molecule has 2 rings (SSSR count). The lowest BCUT2D eigenvalue weighted by Crippen LogP contribution is -2.30. The third kappa shape index (κ3) is 1.04. The Balaban J connectivity index is 2.13. The number of nitrogens with zero attached hydrogens (tertiary/aromatic N) is 1. The van der Waals surface area contributed by atoms with Crippen LogP contribution in [0.3, 0.4) is 0 Å². The molecule has 0 saturated carbocycles. The summed E-state index contributed by atoms with van der Waals surface area (Å²) >= 11 is 3.34. The second kappa shape index (κ2) is 2.66. The molecular formula is C7H10BrNO2. The Morgan fingerprint density at radius 1 is 1.73 bits per heavy atom. The lowest BCUT2D eigenvalue weighted by Gasteiger charge is -2.13. The second-order valence-electron chi connectivity index (χ2n) is 2.98. The molecule has 3 nitrogen and oxygen atoms in total. The molecule has 0 bridgehead atoms. The minimum atomic E-state index is -0.128. The summed E-state index contributed by atoms with van der Waals surface area (Å²) < 4.78 is 5.12. The summed E-state index contributed by atoms with van der Waals surface area (Å²) in [5, 5.41) is 0.764. The Morgan fingerprint density at radius 3 is 3.27 bits per heavy atom. The topological polar surface area (TPSA) is 29.5 Å². The van der Waals surface area contributed by atoms with Crippen LogP contribution in [-0.2, 0) is 4.74 Å². The Morgan fingerprint density at radius 2 is 2.55 bits per heavy atom. The zero-order chi connectivity index (χ0) is 7.84. The summed E-state index contributed by atoms with van der Waals surface area (Å²) in [6, 6.07) is 0.349. The first-order chi connectivity index (χ1) is 5.33. The number of alkyl halides is 1. The van der Waals surface area contributed by atoms with Gasteiger partial charge in [-0.2, -0.15) is 0 Å². The van der Waals surface area contributed by atoms with E-state index in [9.17, 15) is 4.79 Å². The van der Waals surface area contributed by atoms with Crippen LogP contribution in [0.5, 0.6) is 0 Å². The van der Waals surface area contributed by atoms with Gasteiger partial charge in [-0.3, -0.25) is 0 Å². The average molecular weight is 220 g/mol. The van der Waals surface area contributed by atoms with Gasteiger partial charge in [-0.05, 0) is 12.8 Å². The summed E-state index contributed by atoms with van der Waals surface area (Å²) in [5.41, 5.74) is 0. The van der Waals surface area contributed by atoms with Gasteiger partial charge in [-0.25, -0.2) is 4.79 Å². The smallest absolute Gasteiger partial charge is 0.410 e. The minimum absolute atomic E-state index is 0.0880. The van der Waals surface area contributed by atoms with Crippen molar-refractivity contribution in [3.8, 4) is 0 Å². The molecule has 0 N–H and O–H groups in total. The monoisotopic (exact) mass is 219 g/mol. The molecule has 2 heterocycles. The van der Waals surface area contributed by atoms with Crippen LogP contribution in [-0.4, -0.2) is 35.0 Å². The molecule has 0 spiro atoms. The van der Waals surface area contributed by atoms with Crippen molar-refractivity contribution < 1.29 is 9.53 Å². The fourth-order valence-electron chi connectivity index (χ4n) is 1.82. The van der Waals surface area contributed by atoms with Crippen LogP contribution in [0.2, 0.25) is 0 Å². The molecule has 1 amide bonds. The number of hydrogen-bond donors (Lipinski definition) is 0. The van der Waals surface area contributed by atoms with Gasteiger partial charge in [-0.1, -0.05) is 15.9 Å². The molecule has 11 heavy (non-hydrogen) atoms. The van der Waals surface area contributed by atoms with E-state index in [4.69, 9.17) is 4.74 Å². The molecule has 2 atom stereocenters. The molecule has 0 aliphatic carbocycles. The molecule has 0 aromatic heterocycles. The number of cyclic esters (lactones) is 1. The number of amides is 1. The van der Waals surface area contributed by atoms with Crippen molar-refractivity contribution in [1.29, 1.82) is 0 Å². The molecule has 2 saturated heterocycles. The summed E-state index contributed by atoms with van der Waals surface area (Å²) in [4.78, 5) is 12.9. The van der Waals surface area contributed by atoms with E-state index in [0.717, 1.165) is 24.7 Å². The van der Waals surface area contributed by atoms with E-state index >= 15 is 0 Å². The van der Waals surface area contributed by atoms with E-state index in [1.165, 1.54) is 0 Å². The van der Waals surface area contributed by atoms with Crippen molar-refractivity contribution in [3.63, 3.8) is 0 Å². The Hall–Kier alpha value is -0.250. The van der Waals surface area contributed by atoms with Gasteiger partial charge >= 0.3 is 6.09 Å². The highest BCUT2D eigenvalue weighted by molar-refractivity contribution is 9.09. The van der Waals surface area contributed by atoms with E-state index in [1.54, 1.807) is 0 Å². The van der Waals surface area contributed by atoms with Gasteiger partial charge in [-0.15, -0.1) is 0 Å². The maximum Gasteiger partial charge on any atom is 0.410 e. The highest BCUT2D eigenvalue weighted by Gasteiger charge is 2.43. The van der Waals surface area contributed by atoms with Crippen molar-refractivity contribution in [1.82, 2.24) is 4.90 Å². The first-order valence-electron chi connectivity index (χ1n) is 3.86. The minimum Gasteiger partial charge on any atom is -0.443 e. The van der Waals surface area contributed by atoms with Crippen molar-refractivity contribution in [2.45, 2.75) is 25.0 Å². The average Bonchev–Trinajstić information content (AvgIpc) is 2.54. The van der Waals surface area contributed by atoms with Crippen LogP contribution in [0, 0.1) is 0 Å². The van der Waals surface area contributed by atoms with Crippen molar-refractivity contribution in [2.75, 3.05) is 11.9 Å². The first kappa shape index (κ1) is 7.40. The second-order valence-corrected chi connectivity index (χ2v) is 3.63. The molecule has 1 unspecified atom stereocenters. The molecule has 0 aromatic rings. The number of carbonyl (C=O) groups excluding carboxylic acids is 1. The maximum atomic E-state index is 11.1. The Kier molecular flexibility index (Phi) is 1.79. The summed E-state index contributed by atoms with van der Waals surface area (Å²) in [5.74, 6) is 0. The fourth-order valence-corrected chi connectivity index (χ4v) is 2.38. The predicted octanol–water partition coefficient (Wildman–Crippen LogP) is 1.36. The molecule has 2 aliphatic rings. The largest absolute Gasteiger partial charge is 0.443 e. The fraction of sp³-hybridized carbons (Fsp3) is 0.857. The lowest BCUT2D eigenvalue weighted by molar-refractivity contribution is 0.136. The molecule has 4 heteroatoms. The number of halogens is 1. The van der Waals surface area contributed by atoms with Gasteiger partial charge in [0.2, 0.25) is 0 Å². The molecule has 0 radical (unpaired) electrons. The number of ether oxygens (including phenoxy) is 1. The van der Waals surface area contributed by atoms with Gasteiger partial charge in [0.05, 0.1) is 6.04 Å². The van der Waals surface area contributed by atoms with Gasteiger partial charge < -0.3 is 9.64 Å². The molecule has 0 aromatic carbocycles. The van der Waals surface area contributed by atoms with E-state index < -0.39 is 0 Å². The van der Waals surface area contributed by atoms with Crippen molar-refractivity contribution in [3.05, 3.63) is 0 Å². The van der Waals surface area contributed by atoms with Gasteiger partial charge in [0.1, 0.15) is 6.10 Å². The summed E-state index contributed by atoms with van der Waals surface area (Å²) in [6.45, 7) is 0.882. The maximum absolute atomic E-state index is 11.1. The van der Waals surface area contributed by atoms with E-state index in [2.05, 4.69) is 15.9 Å². The standard InChI is InChI=1S/C7H10BrNO2/c8-4-6-5-2-1-3-9(5)7(10)11-6/h5-6H,1-4H2/t5?,6-/m0/s1. The number of carbonyl (C=O) groups is 1. The zero-order valence-electron chi connectivity index (χ0n) is 6.12. The van der Waals surface area contributed by atoms with Gasteiger partial charge in [0.25, 0.3) is 0 Å². The first-order valence-corrected chi connectivity index (χ1v) is 4.98. The SMILES string of the molecule is O=C1O[C@@H](CBr)C2CCCN12. The van der Waals surface area contributed by atoms with Crippen LogP contribution in [0.25, 0.3) is 0 Å². The van der Waals surface area contributed by atoms with E-state index in [-0.39, 0.29) is 12.2 Å². The van der Waals surface area contributed by atoms with Crippen LogP contribution in [0.1, 0.15) is 12.8 Å². The summed E-state index contributed by atoms with van der Waals surface area (Å²) in [6.07, 6.45) is 2.19. The van der Waals surface area contributed by atoms with Crippen LogP contribution in [0.4, 0.5) is 4.79 Å². The lowest BCUT2D eigenvalue weighted by atomic mass is 10.1. The van der Waals surface area contributed by atoms with Gasteiger partial charge in [0, 0.05) is 11.9 Å². The van der Waals surface area contributed by atoms with Crippen LogP contribution < -0.4 is 0 Å². The zero-order valence-corrected chi connectivity index (χ0v) is 7.71. The molecule has 62 valence electrons. The van der Waals surface area contributed by atoms with Crippen LogP contribution in [0.15, 0.2) is 0 Å². The van der Waals surface area contributed by atoms with E-state index in [1.807, 2.05) is 4.90 Å². The van der Waals surface area contributed by atoms with E-state index in [0.29, 0.717) is 6.04 Å². The molecule has 2 aliphatic heterocycles. The van der Waals surface area contributed by atoms with Crippen molar-refractivity contribution in [2.24, 2.45) is 0 Å². The normalized spacial score (nSPS) is 35.7. The number of rotatable bonds is 1. The Labute approximate surface area is 73.8 Å². The predicted molar refractivity (Wildman–Crippen MR) is 43.8 cm³/mol. The highest BCUT2D eigenvalue weighted by atomic mass is 79.9. The third-order valence-electron chi connectivity index (χ3n) is 2.37. The molecular weight excluding hydrogens is 210 g/mol. The number of fused-ring (bicyclic) bond motifs is 1. The van der Waals surface area contributed by atoms with Gasteiger partial charge in [0.15, 0.2) is 0 Å². The van der Waals surface area contributed by atoms with Crippen LogP contribution >= 0.6 is 15.9 Å². The number of hydrogen-bond acceptors (Lipinski definition) is 2. The quantitative estimate of drug-likeness (QED) is 0.624. The van der Waals surface area contributed by atoms with Crippen molar-refractivity contribution >= 4 is 22.0 Å². The third-order valence-corrected chi connectivity index (χ3v) is 3.01. The highest BCUT2D eigenvalue weighted by Crippen LogP contribution is 2.29.